The van der Waals surface area contributed by atoms with Crippen molar-refractivity contribution in [1.82, 2.24) is 4.90 Å². The van der Waals surface area contributed by atoms with E-state index in [2.05, 4.69) is 53.4 Å². The Kier molecular flexibility index (Phi) is 6.62. The lowest BCUT2D eigenvalue weighted by molar-refractivity contribution is 0.0277. The highest BCUT2D eigenvalue weighted by Crippen LogP contribution is 2.26. The first kappa shape index (κ1) is 18.1. The third-order valence-corrected chi connectivity index (χ3v) is 5.12. The molecule has 25 heavy (non-hydrogen) atoms. The number of piperidine rings is 1. The second-order valence-corrected chi connectivity index (χ2v) is 7.02. The fourth-order valence-corrected chi connectivity index (χ4v) is 3.63. The molecule has 0 aliphatic carbocycles. The maximum atomic E-state index is 9.85. The maximum absolute atomic E-state index is 9.85. The van der Waals surface area contributed by atoms with Crippen molar-refractivity contribution in [2.75, 3.05) is 26.2 Å². The van der Waals surface area contributed by atoms with Crippen LogP contribution in [0.1, 0.15) is 37.0 Å². The summed E-state index contributed by atoms with van der Waals surface area (Å²) in [5, 5.41) is 9.85. The number of aliphatic hydroxyl groups is 1. The van der Waals surface area contributed by atoms with Crippen molar-refractivity contribution in [1.29, 1.82) is 0 Å². The number of benzene rings is 2. The van der Waals surface area contributed by atoms with Crippen molar-refractivity contribution < 1.29 is 9.84 Å². The van der Waals surface area contributed by atoms with Gasteiger partial charge in [0.2, 0.25) is 0 Å². The first-order chi connectivity index (χ1) is 12.2. The Labute approximate surface area is 151 Å². The molecule has 0 radical (unpaired) electrons. The third kappa shape index (κ3) is 5.15. The molecule has 0 bridgehead atoms. The Hall–Kier alpha value is -1.68. The maximum Gasteiger partial charge on any atom is 0.108 e. The van der Waals surface area contributed by atoms with Crippen LogP contribution in [0.4, 0.5) is 0 Å². The van der Waals surface area contributed by atoms with Crippen LogP contribution in [0.15, 0.2) is 60.7 Å². The van der Waals surface area contributed by atoms with Crippen LogP contribution >= 0.6 is 0 Å². The van der Waals surface area contributed by atoms with E-state index in [9.17, 15) is 5.11 Å². The van der Waals surface area contributed by atoms with E-state index in [1.54, 1.807) is 0 Å². The predicted molar refractivity (Wildman–Crippen MR) is 102 cm³/mol. The third-order valence-electron chi connectivity index (χ3n) is 5.12. The van der Waals surface area contributed by atoms with Crippen molar-refractivity contribution >= 4 is 0 Å². The minimum absolute atomic E-state index is 0.0280. The Morgan fingerprint density at radius 3 is 2.20 bits per heavy atom. The Morgan fingerprint density at radius 1 is 1.04 bits per heavy atom. The number of ether oxygens (including phenoxy) is 1. The minimum atomic E-state index is -0.217. The molecule has 0 aromatic heterocycles. The SMILES string of the molecule is CC(O)C1CCCN(CCOC(c2ccccc2)c2ccccc2)C1. The molecular formula is C22H29NO2. The van der Waals surface area contributed by atoms with Gasteiger partial charge in [-0.25, -0.2) is 0 Å². The average Bonchev–Trinajstić information content (AvgIpc) is 2.67. The molecule has 134 valence electrons. The zero-order chi connectivity index (χ0) is 17.5. The van der Waals surface area contributed by atoms with E-state index in [1.807, 2.05) is 19.1 Å². The van der Waals surface area contributed by atoms with Crippen LogP contribution in [0, 0.1) is 5.92 Å². The van der Waals surface area contributed by atoms with Gasteiger partial charge in [0, 0.05) is 13.1 Å². The van der Waals surface area contributed by atoms with Crippen LogP contribution in [0.3, 0.4) is 0 Å². The first-order valence-corrected chi connectivity index (χ1v) is 9.36. The molecular weight excluding hydrogens is 310 g/mol. The second-order valence-electron chi connectivity index (χ2n) is 7.02. The van der Waals surface area contributed by atoms with Gasteiger partial charge in [-0.3, -0.25) is 0 Å². The van der Waals surface area contributed by atoms with Gasteiger partial charge in [0.15, 0.2) is 0 Å². The van der Waals surface area contributed by atoms with E-state index in [-0.39, 0.29) is 12.2 Å². The van der Waals surface area contributed by atoms with E-state index in [0.29, 0.717) is 12.5 Å². The van der Waals surface area contributed by atoms with Crippen LogP contribution in [0.25, 0.3) is 0 Å². The molecule has 0 amide bonds. The van der Waals surface area contributed by atoms with E-state index in [4.69, 9.17) is 4.74 Å². The summed E-state index contributed by atoms with van der Waals surface area (Å²) in [5.74, 6) is 0.396. The van der Waals surface area contributed by atoms with Crippen molar-refractivity contribution in [2.24, 2.45) is 5.92 Å². The highest BCUT2D eigenvalue weighted by atomic mass is 16.5. The summed E-state index contributed by atoms with van der Waals surface area (Å²) in [6.45, 7) is 5.60. The molecule has 1 aliphatic rings. The van der Waals surface area contributed by atoms with Crippen molar-refractivity contribution in [3.8, 4) is 0 Å². The van der Waals surface area contributed by atoms with Crippen molar-refractivity contribution in [3.05, 3.63) is 71.8 Å². The van der Waals surface area contributed by atoms with Gasteiger partial charge < -0.3 is 14.7 Å². The van der Waals surface area contributed by atoms with Crippen LogP contribution in [-0.2, 0) is 4.74 Å². The molecule has 1 saturated heterocycles. The summed E-state index contributed by atoms with van der Waals surface area (Å²) >= 11 is 0. The smallest absolute Gasteiger partial charge is 0.108 e. The Morgan fingerprint density at radius 2 is 1.64 bits per heavy atom. The molecule has 2 atom stereocenters. The summed E-state index contributed by atoms with van der Waals surface area (Å²) in [6, 6.07) is 20.8. The molecule has 0 spiro atoms. The molecule has 1 N–H and O–H groups in total. The number of rotatable bonds is 7. The predicted octanol–water partition coefficient (Wildman–Crippen LogP) is 3.89. The summed E-state index contributed by atoms with van der Waals surface area (Å²) in [7, 11) is 0. The van der Waals surface area contributed by atoms with E-state index in [1.165, 1.54) is 11.1 Å². The summed E-state index contributed by atoms with van der Waals surface area (Å²) in [4.78, 5) is 2.42. The fraction of sp³-hybridized carbons (Fsp3) is 0.455. The van der Waals surface area contributed by atoms with Gasteiger partial charge in [0.05, 0.1) is 12.7 Å². The lowest BCUT2D eigenvalue weighted by Gasteiger charge is -2.34. The van der Waals surface area contributed by atoms with Gasteiger partial charge in [0.25, 0.3) is 0 Å². The summed E-state index contributed by atoms with van der Waals surface area (Å²) in [5.41, 5.74) is 2.38. The van der Waals surface area contributed by atoms with E-state index >= 15 is 0 Å². The standard InChI is InChI=1S/C22H29NO2/c1-18(24)21-13-8-14-23(17-21)15-16-25-22(19-9-4-2-5-10-19)20-11-6-3-7-12-20/h2-7,9-12,18,21-22,24H,8,13-17H2,1H3. The zero-order valence-electron chi connectivity index (χ0n) is 15.1. The van der Waals surface area contributed by atoms with Gasteiger partial charge in [-0.15, -0.1) is 0 Å². The molecule has 2 aromatic rings. The molecule has 2 aromatic carbocycles. The van der Waals surface area contributed by atoms with E-state index < -0.39 is 0 Å². The summed E-state index contributed by atoms with van der Waals surface area (Å²) < 4.78 is 6.31. The topological polar surface area (TPSA) is 32.7 Å². The molecule has 3 rings (SSSR count). The number of nitrogens with zero attached hydrogens (tertiary/aromatic N) is 1. The molecule has 3 nitrogen and oxygen atoms in total. The zero-order valence-corrected chi connectivity index (χ0v) is 15.1. The van der Waals surface area contributed by atoms with E-state index in [0.717, 1.165) is 32.5 Å². The van der Waals surface area contributed by atoms with Gasteiger partial charge in [-0.05, 0) is 43.4 Å². The lowest BCUT2D eigenvalue weighted by Crippen LogP contribution is -2.41. The number of likely N-dealkylation sites (tertiary alicyclic amines) is 1. The highest BCUT2D eigenvalue weighted by Gasteiger charge is 2.23. The average molecular weight is 339 g/mol. The van der Waals surface area contributed by atoms with Gasteiger partial charge in [0.1, 0.15) is 6.10 Å². The second kappa shape index (κ2) is 9.14. The summed E-state index contributed by atoms with van der Waals surface area (Å²) in [6.07, 6.45) is 2.05. The van der Waals surface area contributed by atoms with Gasteiger partial charge in [-0.2, -0.15) is 0 Å². The van der Waals surface area contributed by atoms with Crippen LogP contribution in [-0.4, -0.2) is 42.4 Å². The molecule has 2 unspecified atom stereocenters. The molecule has 1 heterocycles. The Bertz CT molecular complexity index is 575. The quantitative estimate of drug-likeness (QED) is 0.831. The van der Waals surface area contributed by atoms with Gasteiger partial charge in [-0.1, -0.05) is 60.7 Å². The normalized spacial score (nSPS) is 19.9. The van der Waals surface area contributed by atoms with Crippen molar-refractivity contribution in [3.63, 3.8) is 0 Å². The van der Waals surface area contributed by atoms with Crippen LogP contribution in [0.2, 0.25) is 0 Å². The van der Waals surface area contributed by atoms with Crippen LogP contribution in [0.5, 0.6) is 0 Å². The Balaban J connectivity index is 1.60. The highest BCUT2D eigenvalue weighted by molar-refractivity contribution is 5.29. The number of hydrogen-bond acceptors (Lipinski definition) is 3. The first-order valence-electron chi connectivity index (χ1n) is 9.36. The molecule has 3 heteroatoms. The molecule has 0 saturated carbocycles. The lowest BCUT2D eigenvalue weighted by atomic mass is 9.93. The largest absolute Gasteiger partial charge is 0.393 e. The molecule has 1 aliphatic heterocycles. The minimum Gasteiger partial charge on any atom is -0.393 e. The number of hydrogen-bond donors (Lipinski definition) is 1. The molecule has 1 fully saturated rings. The number of aliphatic hydroxyl groups excluding tert-OH is 1. The van der Waals surface area contributed by atoms with Crippen molar-refractivity contribution in [2.45, 2.75) is 32.0 Å². The fourth-order valence-electron chi connectivity index (χ4n) is 3.63. The van der Waals surface area contributed by atoms with Crippen LogP contribution < -0.4 is 0 Å². The monoisotopic (exact) mass is 339 g/mol. The van der Waals surface area contributed by atoms with Gasteiger partial charge >= 0.3 is 0 Å².